The molecule has 0 atom stereocenters. The molecule has 9 heteroatoms. The fourth-order valence-corrected chi connectivity index (χ4v) is 8.42. The zero-order valence-corrected chi connectivity index (χ0v) is 33.4. The molecule has 3 heterocycles. The summed E-state index contributed by atoms with van der Waals surface area (Å²) in [5.41, 5.74) is 7.41. The van der Waals surface area contributed by atoms with Gasteiger partial charge in [-0.1, -0.05) is 55.8 Å². The number of nitrogens with zero attached hydrogens (tertiary/aromatic N) is 4. The van der Waals surface area contributed by atoms with Crippen molar-refractivity contribution in [1.29, 1.82) is 0 Å². The Morgan fingerprint density at radius 3 is 2.30 bits per heavy atom. The minimum Gasteiger partial charge on any atom is -0.509 e. The smallest absolute Gasteiger partial charge is 0.509 e. The molecular weight excluding hydrogens is 872 g/mol. The van der Waals surface area contributed by atoms with Crippen LogP contribution in [0.25, 0.3) is 44.4 Å². The number of benzene rings is 5. The van der Waals surface area contributed by atoms with Crippen LogP contribution in [0.4, 0.5) is 0 Å². The van der Waals surface area contributed by atoms with E-state index < -0.39 is 9.84 Å². The molecular formula is C45H38N4O3PtS. The Hall–Kier alpha value is -5.30. The van der Waals surface area contributed by atoms with Crippen LogP contribution in [-0.2, 0) is 37.3 Å². The molecule has 0 aliphatic carbocycles. The molecule has 8 rings (SSSR count). The quantitative estimate of drug-likeness (QED) is 0.128. The number of hydrogen-bond donors (Lipinski definition) is 0. The first-order valence-electron chi connectivity index (χ1n) is 17.7. The molecule has 3 aromatic heterocycles. The number of aromatic nitrogens is 4. The Morgan fingerprint density at radius 2 is 1.52 bits per heavy atom. The average Bonchev–Trinajstić information content (AvgIpc) is 3.77. The first-order valence-corrected chi connectivity index (χ1v) is 19.2. The van der Waals surface area contributed by atoms with Crippen LogP contribution >= 0.6 is 0 Å². The first kappa shape index (κ1) is 37.0. The Bertz CT molecular complexity index is 2710. The number of aryl methyl sites for hydroxylation is 3. The number of rotatable bonds is 10. The maximum Gasteiger partial charge on any atom is 2.00 e. The van der Waals surface area contributed by atoms with E-state index in [-0.39, 0.29) is 30.9 Å². The van der Waals surface area contributed by atoms with Gasteiger partial charge in [-0.2, -0.15) is 17.2 Å². The van der Waals surface area contributed by atoms with Crippen molar-refractivity contribution in [1.82, 2.24) is 19.3 Å². The summed E-state index contributed by atoms with van der Waals surface area (Å²) in [7, 11) is -3.64. The molecule has 0 amide bonds. The number of hydrogen-bond acceptors (Lipinski definition) is 5. The van der Waals surface area contributed by atoms with E-state index in [2.05, 4.69) is 72.0 Å². The van der Waals surface area contributed by atoms with E-state index in [4.69, 9.17) is 9.72 Å². The molecule has 272 valence electrons. The van der Waals surface area contributed by atoms with Crippen LogP contribution in [0.3, 0.4) is 0 Å². The van der Waals surface area contributed by atoms with Gasteiger partial charge < -0.3 is 9.30 Å². The third-order valence-corrected chi connectivity index (χ3v) is 11.3. The second-order valence-corrected chi connectivity index (χ2v) is 15.8. The number of ether oxygens (including phenoxy) is 1. The van der Waals surface area contributed by atoms with Crippen molar-refractivity contribution in [3.8, 4) is 34.1 Å². The van der Waals surface area contributed by atoms with E-state index in [0.29, 0.717) is 23.1 Å². The van der Waals surface area contributed by atoms with Gasteiger partial charge in [0.2, 0.25) is 9.84 Å². The third kappa shape index (κ3) is 7.16. The molecule has 0 saturated carbocycles. The SMILES string of the molecule is Cc1cc(S(=O)(=O)c2ccccc2)cc(C)c1-c1cnn(-c2[c-]c(Oc3[c-]c4c(cc3)c3ccccc3n4-c3cc(CCC(C)C)ccn3)ccc2)c1.[Pt+2]. The van der Waals surface area contributed by atoms with E-state index in [9.17, 15) is 8.42 Å². The largest absolute Gasteiger partial charge is 2.00 e. The Labute approximate surface area is 330 Å². The van der Waals surface area contributed by atoms with Crippen LogP contribution in [-0.4, -0.2) is 27.7 Å². The second-order valence-electron chi connectivity index (χ2n) is 13.8. The average molecular weight is 910 g/mol. The number of para-hydroxylation sites is 1. The topological polar surface area (TPSA) is 79.0 Å². The maximum absolute atomic E-state index is 13.3. The van der Waals surface area contributed by atoms with Gasteiger partial charge in [-0.15, -0.1) is 35.7 Å². The normalized spacial score (nSPS) is 11.6. The summed E-state index contributed by atoms with van der Waals surface area (Å²) in [4.78, 5) is 5.34. The molecule has 0 N–H and O–H groups in total. The van der Waals surface area contributed by atoms with Gasteiger partial charge in [-0.25, -0.2) is 13.4 Å². The van der Waals surface area contributed by atoms with Crippen molar-refractivity contribution < 1.29 is 34.2 Å². The van der Waals surface area contributed by atoms with E-state index in [1.165, 1.54) is 5.56 Å². The molecule has 0 aliphatic rings. The van der Waals surface area contributed by atoms with E-state index in [0.717, 1.165) is 62.7 Å². The molecule has 54 heavy (non-hydrogen) atoms. The standard InChI is InChI=1S/C45H38N4O3S.Pt/c1-30(2)17-18-33-21-22-46-44(25-33)49-42-16-9-8-15-40(42)41-20-19-37(27-43(41)49)52-36-12-10-11-35(26-36)48-29-34(28-47-48)45-31(3)23-39(24-32(45)4)53(50,51)38-13-6-5-7-14-38;/h5-16,19-25,28-30H,17-18H2,1-4H3;/q-2;+2. The van der Waals surface area contributed by atoms with Crippen molar-refractivity contribution in [2.24, 2.45) is 5.92 Å². The van der Waals surface area contributed by atoms with Gasteiger partial charge in [-0.05, 0) is 108 Å². The first-order chi connectivity index (χ1) is 25.7. The van der Waals surface area contributed by atoms with Gasteiger partial charge in [0.1, 0.15) is 5.82 Å². The number of pyridine rings is 1. The van der Waals surface area contributed by atoms with Crippen molar-refractivity contribution in [2.45, 2.75) is 50.3 Å². The van der Waals surface area contributed by atoms with Crippen LogP contribution in [0.1, 0.15) is 37.0 Å². The predicted octanol–water partition coefficient (Wildman–Crippen LogP) is 10.5. The minimum atomic E-state index is -3.64. The molecule has 7 nitrogen and oxygen atoms in total. The summed E-state index contributed by atoms with van der Waals surface area (Å²) < 4.78 is 37.0. The second kappa shape index (κ2) is 15.2. The summed E-state index contributed by atoms with van der Waals surface area (Å²) >= 11 is 0. The minimum absolute atomic E-state index is 0. The monoisotopic (exact) mass is 909 g/mol. The van der Waals surface area contributed by atoms with Crippen LogP contribution in [0.2, 0.25) is 0 Å². The molecule has 0 saturated heterocycles. The van der Waals surface area contributed by atoms with E-state index >= 15 is 0 Å². The van der Waals surface area contributed by atoms with Crippen LogP contribution in [0.5, 0.6) is 11.5 Å². The summed E-state index contributed by atoms with van der Waals surface area (Å²) in [5.74, 6) is 2.56. The van der Waals surface area contributed by atoms with Crippen molar-refractivity contribution in [2.75, 3.05) is 0 Å². The van der Waals surface area contributed by atoms with Crippen LogP contribution < -0.4 is 4.74 Å². The van der Waals surface area contributed by atoms with Crippen molar-refractivity contribution >= 4 is 31.6 Å². The van der Waals surface area contributed by atoms with Gasteiger partial charge in [0.25, 0.3) is 0 Å². The van der Waals surface area contributed by atoms with E-state index in [1.54, 1.807) is 53.3 Å². The Morgan fingerprint density at radius 1 is 0.778 bits per heavy atom. The zero-order valence-electron chi connectivity index (χ0n) is 30.4. The third-order valence-electron chi connectivity index (χ3n) is 9.57. The molecule has 0 aliphatic heterocycles. The number of fused-ring (bicyclic) bond motifs is 3. The van der Waals surface area contributed by atoms with Gasteiger partial charge >= 0.3 is 21.1 Å². The zero-order chi connectivity index (χ0) is 36.7. The summed E-state index contributed by atoms with van der Waals surface area (Å²) in [5, 5.41) is 6.84. The van der Waals surface area contributed by atoms with Gasteiger partial charge in [0.15, 0.2) is 0 Å². The molecule has 5 aromatic carbocycles. The summed E-state index contributed by atoms with van der Waals surface area (Å²) in [6, 6.07) is 41.2. The molecule has 8 aromatic rings. The number of sulfone groups is 1. The Kier molecular flexibility index (Phi) is 10.4. The molecule has 0 bridgehead atoms. The van der Waals surface area contributed by atoms with Gasteiger partial charge in [0.05, 0.1) is 16.0 Å². The fourth-order valence-electron chi connectivity index (χ4n) is 6.97. The predicted molar refractivity (Wildman–Crippen MR) is 210 cm³/mol. The summed E-state index contributed by atoms with van der Waals surface area (Å²) in [6.45, 7) is 8.35. The Balaban J connectivity index is 0.00000450. The van der Waals surface area contributed by atoms with Crippen LogP contribution in [0, 0.1) is 31.9 Å². The molecule has 0 spiro atoms. The maximum atomic E-state index is 13.3. The van der Waals surface area contributed by atoms with Crippen molar-refractivity contribution in [3.63, 3.8) is 0 Å². The summed E-state index contributed by atoms with van der Waals surface area (Å²) in [6.07, 6.45) is 7.71. The van der Waals surface area contributed by atoms with Crippen LogP contribution in [0.15, 0.2) is 138 Å². The molecule has 0 fully saturated rings. The molecule has 0 unspecified atom stereocenters. The van der Waals surface area contributed by atoms with Gasteiger partial charge in [-0.3, -0.25) is 4.68 Å². The van der Waals surface area contributed by atoms with Crippen molar-refractivity contribution in [3.05, 3.63) is 157 Å². The molecule has 0 radical (unpaired) electrons. The fraction of sp³-hybridized carbons (Fsp3) is 0.156. The van der Waals surface area contributed by atoms with E-state index in [1.807, 2.05) is 56.6 Å². The van der Waals surface area contributed by atoms with Gasteiger partial charge in [0, 0.05) is 35.0 Å².